The van der Waals surface area contributed by atoms with E-state index in [2.05, 4.69) is 0 Å². The highest BCUT2D eigenvalue weighted by Crippen LogP contribution is 2.49. The maximum absolute atomic E-state index is 11.5. The molecule has 3 fully saturated rings. The monoisotopic (exact) mass is 520 g/mol. The van der Waals surface area contributed by atoms with Gasteiger partial charge in [-0.2, -0.15) is 0 Å². The summed E-state index contributed by atoms with van der Waals surface area (Å²) in [6, 6.07) is 0. The van der Waals surface area contributed by atoms with E-state index in [1.807, 2.05) is 0 Å². The Labute approximate surface area is 197 Å². The molecule has 0 bridgehead atoms. The van der Waals surface area contributed by atoms with Gasteiger partial charge in [0.1, 0.15) is 73.8 Å². The van der Waals surface area contributed by atoms with Gasteiger partial charge in [-0.25, -0.2) is 0 Å². The summed E-state index contributed by atoms with van der Waals surface area (Å²) in [5.41, 5.74) is 0. The van der Waals surface area contributed by atoms with Crippen LogP contribution in [0, 0.1) is 0 Å². The normalized spacial score (nSPS) is 55.3. The Morgan fingerprint density at radius 1 is 0.543 bits per heavy atom. The van der Waals surface area contributed by atoms with E-state index in [0.29, 0.717) is 0 Å². The van der Waals surface area contributed by atoms with Crippen molar-refractivity contribution in [1.29, 1.82) is 0 Å². The van der Waals surface area contributed by atoms with Gasteiger partial charge in [-0.05, 0) is 0 Å². The van der Waals surface area contributed by atoms with Crippen LogP contribution in [0.1, 0.15) is 0 Å². The van der Waals surface area contributed by atoms with E-state index in [4.69, 9.17) is 18.9 Å². The molecule has 35 heavy (non-hydrogen) atoms. The van der Waals surface area contributed by atoms with Crippen LogP contribution in [-0.2, 0) is 18.9 Å². The third-order valence-electron chi connectivity index (χ3n) is 6.65. The second kappa shape index (κ2) is 10.2. The lowest BCUT2D eigenvalue weighted by Crippen LogP contribution is -2.83. The van der Waals surface area contributed by atoms with Crippen LogP contribution < -0.4 is 0 Å². The van der Waals surface area contributed by atoms with Crippen LogP contribution in [0.3, 0.4) is 0 Å². The molecule has 3 heterocycles. The summed E-state index contributed by atoms with van der Waals surface area (Å²) in [5.74, 6) is -9.97. The first kappa shape index (κ1) is 28.9. The molecule has 17 heteroatoms. The van der Waals surface area contributed by atoms with Crippen molar-refractivity contribution in [2.75, 3.05) is 26.4 Å². The molecule has 0 aromatic carbocycles. The van der Waals surface area contributed by atoms with Crippen LogP contribution in [0.5, 0.6) is 0 Å². The van der Waals surface area contributed by atoms with Gasteiger partial charge in [0, 0.05) is 0 Å². The Morgan fingerprint density at radius 3 is 1.46 bits per heavy atom. The first-order valence-electron chi connectivity index (χ1n) is 10.6. The van der Waals surface area contributed by atoms with Crippen LogP contribution >= 0.6 is 0 Å². The van der Waals surface area contributed by atoms with Gasteiger partial charge in [0.2, 0.25) is 5.79 Å². The van der Waals surface area contributed by atoms with E-state index < -0.39 is 111 Å². The maximum Gasteiger partial charge on any atom is 0.259 e. The van der Waals surface area contributed by atoms with E-state index in [1.165, 1.54) is 0 Å². The van der Waals surface area contributed by atoms with Crippen molar-refractivity contribution in [3.05, 3.63) is 0 Å². The average molecular weight is 520 g/mol. The second-order valence-electron chi connectivity index (χ2n) is 8.74. The number of hydrogen-bond acceptors (Lipinski definition) is 17. The largest absolute Gasteiger partial charge is 0.394 e. The molecule has 0 aromatic rings. The summed E-state index contributed by atoms with van der Waals surface area (Å²) < 4.78 is 21.2. The van der Waals surface area contributed by atoms with Crippen LogP contribution in [0.25, 0.3) is 0 Å². The maximum atomic E-state index is 11.5. The van der Waals surface area contributed by atoms with Gasteiger partial charge in [-0.3, -0.25) is 0 Å². The third kappa shape index (κ3) is 4.19. The second-order valence-corrected chi connectivity index (χ2v) is 8.74. The average Bonchev–Trinajstić information content (AvgIpc) is 3.10. The topological polar surface area (TPSA) is 300 Å². The molecule has 0 spiro atoms. The Balaban J connectivity index is 2.21. The summed E-state index contributed by atoms with van der Waals surface area (Å²) in [4.78, 5) is 0. The lowest BCUT2D eigenvalue weighted by atomic mass is 9.80. The Bertz CT molecular complexity index is 725. The van der Waals surface area contributed by atoms with Gasteiger partial charge in [-0.15, -0.1) is 0 Å². The number of hydrogen-bond donors (Lipinski definition) is 13. The standard InChI is InChI=1S/C18H32O17/c19-1-5-8(23)11(26)14(29)17(31,33-5)18(15(30)12(27)9(24)6(2-20)34-18)35-16(4-22)13(28)10(25)7(3-21)32-16/h5-15,19-31H,1-4H2/t5?,6-,7-,8?,9-,10-,11?,12+,13+,14?,15-,16?,17?,18-/m1/s1. The number of rotatable bonds is 7. The highest BCUT2D eigenvalue weighted by atomic mass is 16.9. The van der Waals surface area contributed by atoms with E-state index in [-0.39, 0.29) is 0 Å². The molecule has 3 saturated heterocycles. The zero-order chi connectivity index (χ0) is 26.5. The van der Waals surface area contributed by atoms with Crippen molar-refractivity contribution in [2.45, 2.75) is 84.5 Å². The first-order chi connectivity index (χ1) is 16.3. The van der Waals surface area contributed by atoms with Crippen molar-refractivity contribution in [2.24, 2.45) is 0 Å². The molecule has 14 atom stereocenters. The molecule has 6 unspecified atom stereocenters. The van der Waals surface area contributed by atoms with Gasteiger partial charge < -0.3 is 85.3 Å². The van der Waals surface area contributed by atoms with Crippen LogP contribution in [-0.4, -0.2) is 177 Å². The molecule has 3 rings (SSSR count). The zero-order valence-corrected chi connectivity index (χ0v) is 18.1. The minimum atomic E-state index is -3.60. The van der Waals surface area contributed by atoms with E-state index >= 15 is 0 Å². The molecule has 3 aliphatic heterocycles. The molecule has 13 N–H and O–H groups in total. The van der Waals surface area contributed by atoms with Crippen molar-refractivity contribution in [3.8, 4) is 0 Å². The molecule has 3 aliphatic rings. The van der Waals surface area contributed by atoms with Gasteiger partial charge in [-0.1, -0.05) is 0 Å². The lowest BCUT2D eigenvalue weighted by molar-refractivity contribution is -0.529. The van der Waals surface area contributed by atoms with E-state index in [0.717, 1.165) is 0 Å². The van der Waals surface area contributed by atoms with Crippen molar-refractivity contribution >= 4 is 0 Å². The summed E-state index contributed by atoms with van der Waals surface area (Å²) in [6.45, 7) is -4.53. The van der Waals surface area contributed by atoms with Crippen LogP contribution in [0.4, 0.5) is 0 Å². The van der Waals surface area contributed by atoms with Gasteiger partial charge >= 0.3 is 0 Å². The zero-order valence-electron chi connectivity index (χ0n) is 18.1. The van der Waals surface area contributed by atoms with Crippen molar-refractivity contribution in [3.63, 3.8) is 0 Å². The Morgan fingerprint density at radius 2 is 1.00 bits per heavy atom. The highest BCUT2D eigenvalue weighted by Gasteiger charge is 2.75. The molecule has 0 aromatic heterocycles. The predicted molar refractivity (Wildman–Crippen MR) is 103 cm³/mol. The van der Waals surface area contributed by atoms with Gasteiger partial charge in [0.15, 0.2) is 0 Å². The van der Waals surface area contributed by atoms with Crippen molar-refractivity contribution < 1.29 is 85.3 Å². The Hall–Kier alpha value is -0.680. The van der Waals surface area contributed by atoms with Gasteiger partial charge in [0.25, 0.3) is 11.6 Å². The smallest absolute Gasteiger partial charge is 0.259 e. The molecule has 17 nitrogen and oxygen atoms in total. The highest BCUT2D eigenvalue weighted by molar-refractivity contribution is 5.13. The van der Waals surface area contributed by atoms with E-state index in [1.54, 1.807) is 0 Å². The molecule has 0 amide bonds. The van der Waals surface area contributed by atoms with Crippen LogP contribution in [0.15, 0.2) is 0 Å². The quantitative estimate of drug-likeness (QED) is 0.148. The molecule has 0 saturated carbocycles. The SMILES string of the molecule is OCC1OC(O)([C@@]2(OC3(CO)O[C@H](CO)[C@@H](O)[C@@H]3O)O[C@H](CO)[C@@H](O)[C@H](O)[C@H]2O)C(O)C(O)C1O. The van der Waals surface area contributed by atoms with Gasteiger partial charge in [0.05, 0.1) is 19.8 Å². The minimum absolute atomic E-state index is 0.929. The summed E-state index contributed by atoms with van der Waals surface area (Å²) in [6.07, 6.45) is -23.7. The molecule has 0 aliphatic carbocycles. The molecular formula is C18H32O17. The third-order valence-corrected chi connectivity index (χ3v) is 6.65. The number of aliphatic hydroxyl groups excluding tert-OH is 12. The number of aliphatic hydroxyl groups is 13. The van der Waals surface area contributed by atoms with Crippen molar-refractivity contribution in [1.82, 2.24) is 0 Å². The summed E-state index contributed by atoms with van der Waals surface area (Å²) in [5, 5.41) is 133. The predicted octanol–water partition coefficient (Wildman–Crippen LogP) is -8.86. The summed E-state index contributed by atoms with van der Waals surface area (Å²) >= 11 is 0. The lowest BCUT2D eigenvalue weighted by Gasteiger charge is -2.59. The minimum Gasteiger partial charge on any atom is -0.394 e. The number of ether oxygens (including phenoxy) is 4. The molecule has 206 valence electrons. The molecule has 0 radical (unpaired) electrons. The Kier molecular flexibility index (Phi) is 8.45. The first-order valence-corrected chi connectivity index (χ1v) is 10.6. The fourth-order valence-electron chi connectivity index (χ4n) is 4.55. The van der Waals surface area contributed by atoms with E-state index in [9.17, 15) is 66.4 Å². The van der Waals surface area contributed by atoms with Crippen LogP contribution in [0.2, 0.25) is 0 Å². The fraction of sp³-hybridized carbons (Fsp3) is 1.00. The fourth-order valence-corrected chi connectivity index (χ4v) is 4.55. The summed E-state index contributed by atoms with van der Waals surface area (Å²) in [7, 11) is 0. The molecular weight excluding hydrogens is 488 g/mol.